The van der Waals surface area contributed by atoms with Crippen LogP contribution in [-0.2, 0) is 4.79 Å². The van der Waals surface area contributed by atoms with Gasteiger partial charge in [0.2, 0.25) is 5.91 Å². The molecule has 3 nitrogen and oxygen atoms in total. The number of nitrogens with two attached hydrogens (primary N) is 1. The number of nitrogens with zero attached hydrogens (tertiary/aromatic N) is 1. The third-order valence-corrected chi connectivity index (χ3v) is 3.96. The van der Waals surface area contributed by atoms with Crippen molar-refractivity contribution in [3.63, 3.8) is 0 Å². The van der Waals surface area contributed by atoms with Crippen LogP contribution < -0.4 is 5.73 Å². The van der Waals surface area contributed by atoms with Crippen LogP contribution in [0.25, 0.3) is 0 Å². The van der Waals surface area contributed by atoms with Gasteiger partial charge in [-0.25, -0.2) is 0 Å². The van der Waals surface area contributed by atoms with Crippen molar-refractivity contribution in [2.24, 2.45) is 17.6 Å². The van der Waals surface area contributed by atoms with Crippen molar-refractivity contribution in [2.75, 3.05) is 6.54 Å². The fourth-order valence-corrected chi connectivity index (χ4v) is 2.07. The zero-order valence-electron chi connectivity index (χ0n) is 10.5. The highest BCUT2D eigenvalue weighted by molar-refractivity contribution is 5.82. The molecule has 0 unspecified atom stereocenters. The maximum atomic E-state index is 12.3. The average Bonchev–Trinajstić information content (AvgIpc) is 3.15. The molecule has 2 fully saturated rings. The minimum absolute atomic E-state index is 0.198. The fourth-order valence-electron chi connectivity index (χ4n) is 2.07. The summed E-state index contributed by atoms with van der Waals surface area (Å²) in [6, 6.07) is 0.229. The van der Waals surface area contributed by atoms with Crippen LogP contribution in [0.4, 0.5) is 0 Å². The van der Waals surface area contributed by atoms with Gasteiger partial charge in [-0.2, -0.15) is 0 Å². The Balaban J connectivity index is 1.92. The van der Waals surface area contributed by atoms with Gasteiger partial charge in [0.05, 0.1) is 6.04 Å². The van der Waals surface area contributed by atoms with Gasteiger partial charge >= 0.3 is 0 Å². The van der Waals surface area contributed by atoms with Crippen LogP contribution in [-0.4, -0.2) is 29.4 Å². The molecule has 2 atom stereocenters. The molecular formula is C13H24N2O. The first kappa shape index (κ1) is 11.9. The largest absolute Gasteiger partial charge is 0.338 e. The van der Waals surface area contributed by atoms with Gasteiger partial charge in [-0.3, -0.25) is 4.79 Å². The third-order valence-electron chi connectivity index (χ3n) is 3.96. The highest BCUT2D eigenvalue weighted by Gasteiger charge is 2.38. The van der Waals surface area contributed by atoms with Crippen molar-refractivity contribution < 1.29 is 4.79 Å². The predicted molar refractivity (Wildman–Crippen MR) is 64.9 cm³/mol. The molecule has 0 heterocycles. The topological polar surface area (TPSA) is 46.3 Å². The number of rotatable bonds is 6. The van der Waals surface area contributed by atoms with E-state index in [0.717, 1.165) is 18.9 Å². The molecule has 3 heteroatoms. The first-order valence-corrected chi connectivity index (χ1v) is 6.69. The van der Waals surface area contributed by atoms with E-state index in [2.05, 4.69) is 18.7 Å². The van der Waals surface area contributed by atoms with E-state index < -0.39 is 0 Å². The number of hydrogen-bond donors (Lipinski definition) is 1. The lowest BCUT2D eigenvalue weighted by atomic mass is 9.98. The van der Waals surface area contributed by atoms with E-state index in [1.165, 1.54) is 25.7 Å². The molecular weight excluding hydrogens is 200 g/mol. The molecule has 0 bridgehead atoms. The summed E-state index contributed by atoms with van der Waals surface area (Å²) in [5.74, 6) is 1.27. The van der Waals surface area contributed by atoms with Crippen molar-refractivity contribution in [3.8, 4) is 0 Å². The van der Waals surface area contributed by atoms with Crippen LogP contribution in [0, 0.1) is 11.8 Å². The quantitative estimate of drug-likeness (QED) is 0.747. The number of hydrogen-bond acceptors (Lipinski definition) is 2. The summed E-state index contributed by atoms with van der Waals surface area (Å²) in [4.78, 5) is 14.4. The molecule has 2 N–H and O–H groups in total. The fraction of sp³-hybridized carbons (Fsp3) is 0.923. The minimum atomic E-state index is -0.288. The van der Waals surface area contributed by atoms with Gasteiger partial charge in [0.15, 0.2) is 0 Å². The van der Waals surface area contributed by atoms with Crippen LogP contribution in [0.15, 0.2) is 0 Å². The normalized spacial score (nSPS) is 23.9. The second kappa shape index (κ2) is 4.74. The van der Waals surface area contributed by atoms with Crippen LogP contribution in [0.3, 0.4) is 0 Å². The van der Waals surface area contributed by atoms with E-state index in [1.807, 2.05) is 0 Å². The van der Waals surface area contributed by atoms with E-state index in [9.17, 15) is 4.79 Å². The highest BCUT2D eigenvalue weighted by Crippen LogP contribution is 2.35. The summed E-state index contributed by atoms with van der Waals surface area (Å²) in [6.07, 6.45) is 5.95. The van der Waals surface area contributed by atoms with Crippen LogP contribution >= 0.6 is 0 Å². The Bertz CT molecular complexity index is 259. The molecule has 0 aromatic heterocycles. The first-order chi connectivity index (χ1) is 7.63. The molecule has 0 spiro atoms. The summed E-state index contributed by atoms with van der Waals surface area (Å²) in [5.41, 5.74) is 6.04. The van der Waals surface area contributed by atoms with Crippen molar-refractivity contribution in [1.29, 1.82) is 0 Å². The van der Waals surface area contributed by atoms with Crippen molar-refractivity contribution in [1.82, 2.24) is 4.90 Å². The van der Waals surface area contributed by atoms with Gasteiger partial charge in [0.25, 0.3) is 0 Å². The van der Waals surface area contributed by atoms with Crippen molar-refractivity contribution >= 4 is 5.91 Å². The van der Waals surface area contributed by atoms with Crippen LogP contribution in [0.1, 0.15) is 46.0 Å². The van der Waals surface area contributed by atoms with Gasteiger partial charge in [-0.15, -0.1) is 0 Å². The Kier molecular flexibility index (Phi) is 3.53. The molecule has 16 heavy (non-hydrogen) atoms. The maximum absolute atomic E-state index is 12.3. The van der Waals surface area contributed by atoms with Gasteiger partial charge in [-0.1, -0.05) is 20.3 Å². The maximum Gasteiger partial charge on any atom is 0.240 e. The number of amides is 1. The monoisotopic (exact) mass is 224 g/mol. The summed E-state index contributed by atoms with van der Waals surface area (Å²) in [7, 11) is 0. The van der Waals surface area contributed by atoms with E-state index in [0.29, 0.717) is 12.0 Å². The Morgan fingerprint density at radius 2 is 2.00 bits per heavy atom. The average molecular weight is 224 g/mol. The van der Waals surface area contributed by atoms with Crippen molar-refractivity contribution in [3.05, 3.63) is 0 Å². The van der Waals surface area contributed by atoms with Gasteiger partial charge in [-0.05, 0) is 37.5 Å². The third kappa shape index (κ3) is 2.76. The lowest BCUT2D eigenvalue weighted by Crippen LogP contribution is -2.48. The summed E-state index contributed by atoms with van der Waals surface area (Å²) in [6.45, 7) is 5.14. The molecule has 2 aliphatic carbocycles. The van der Waals surface area contributed by atoms with Crippen LogP contribution in [0.2, 0.25) is 0 Å². The van der Waals surface area contributed by atoms with E-state index in [-0.39, 0.29) is 11.9 Å². The summed E-state index contributed by atoms with van der Waals surface area (Å²) in [5, 5.41) is 0. The lowest BCUT2D eigenvalue weighted by Gasteiger charge is -2.28. The first-order valence-electron chi connectivity index (χ1n) is 6.69. The SMILES string of the molecule is CC[C@H](C)[C@H](N)C(=O)N(CC1CC1)C1CC1. The van der Waals surface area contributed by atoms with Crippen molar-refractivity contribution in [2.45, 2.75) is 58.0 Å². The highest BCUT2D eigenvalue weighted by atomic mass is 16.2. The second-order valence-corrected chi connectivity index (χ2v) is 5.58. The molecule has 0 aliphatic heterocycles. The smallest absolute Gasteiger partial charge is 0.240 e. The minimum Gasteiger partial charge on any atom is -0.338 e. The molecule has 2 rings (SSSR count). The molecule has 0 aromatic carbocycles. The van der Waals surface area contributed by atoms with Crippen LogP contribution in [0.5, 0.6) is 0 Å². The zero-order chi connectivity index (χ0) is 11.7. The van der Waals surface area contributed by atoms with Gasteiger partial charge in [0, 0.05) is 12.6 Å². The molecule has 0 radical (unpaired) electrons. The van der Waals surface area contributed by atoms with Gasteiger partial charge in [0.1, 0.15) is 0 Å². The van der Waals surface area contributed by atoms with Gasteiger partial charge < -0.3 is 10.6 Å². The predicted octanol–water partition coefficient (Wildman–Crippen LogP) is 1.76. The standard InChI is InChI=1S/C13H24N2O/c1-3-9(2)12(14)13(16)15(11-6-7-11)8-10-4-5-10/h9-12H,3-8,14H2,1-2H3/t9-,12-/m0/s1. The Morgan fingerprint density at radius 1 is 1.38 bits per heavy atom. The Hall–Kier alpha value is -0.570. The number of carbonyl (C=O) groups excluding carboxylic acids is 1. The lowest BCUT2D eigenvalue weighted by molar-refractivity contribution is -0.134. The summed E-state index contributed by atoms with van der Waals surface area (Å²) < 4.78 is 0. The molecule has 2 aliphatic rings. The molecule has 2 saturated carbocycles. The zero-order valence-corrected chi connectivity index (χ0v) is 10.5. The molecule has 1 amide bonds. The number of carbonyl (C=O) groups is 1. The Labute approximate surface area is 98.4 Å². The van der Waals surface area contributed by atoms with E-state index in [4.69, 9.17) is 5.73 Å². The molecule has 92 valence electrons. The Morgan fingerprint density at radius 3 is 2.44 bits per heavy atom. The summed E-state index contributed by atoms with van der Waals surface area (Å²) >= 11 is 0. The second-order valence-electron chi connectivity index (χ2n) is 5.58. The van der Waals surface area contributed by atoms with E-state index in [1.54, 1.807) is 0 Å². The molecule has 0 aromatic rings. The van der Waals surface area contributed by atoms with E-state index >= 15 is 0 Å². The molecule has 0 saturated heterocycles.